The number of ketones is 2. The lowest BCUT2D eigenvalue weighted by molar-refractivity contribution is -0.142. The van der Waals surface area contributed by atoms with Crippen LogP contribution in [0.1, 0.15) is 13.3 Å². The van der Waals surface area contributed by atoms with Crippen LogP contribution in [-0.4, -0.2) is 24.1 Å². The predicted octanol–water partition coefficient (Wildman–Crippen LogP) is 0.574. The average molecular weight is 194 g/mol. The van der Waals surface area contributed by atoms with Crippen molar-refractivity contribution in [3.63, 3.8) is 0 Å². The lowest BCUT2D eigenvalue weighted by atomic mass is 10.0. The van der Waals surface area contributed by atoms with Crippen LogP contribution in [0.2, 0.25) is 0 Å². The summed E-state index contributed by atoms with van der Waals surface area (Å²) in [6.45, 7) is 1.95. The zero-order chi connectivity index (χ0) is 10.6. The maximum atomic E-state index is 11.2. The Morgan fingerprint density at radius 3 is 2.71 bits per heavy atom. The largest absolute Gasteiger partial charge is 0.466 e. The van der Waals surface area contributed by atoms with Crippen molar-refractivity contribution in [1.82, 2.24) is 0 Å². The Morgan fingerprint density at radius 1 is 1.36 bits per heavy atom. The molecule has 0 N–H and O–H groups in total. The van der Waals surface area contributed by atoms with Gasteiger partial charge in [-0.05, 0) is 25.2 Å². The van der Waals surface area contributed by atoms with Gasteiger partial charge in [0, 0.05) is 5.57 Å². The maximum Gasteiger partial charge on any atom is 0.310 e. The van der Waals surface area contributed by atoms with Gasteiger partial charge in [0.05, 0.1) is 13.0 Å². The van der Waals surface area contributed by atoms with E-state index in [2.05, 4.69) is 4.74 Å². The molecule has 0 aromatic heterocycles. The van der Waals surface area contributed by atoms with Crippen molar-refractivity contribution in [2.24, 2.45) is 0 Å². The molecule has 1 aliphatic carbocycles. The standard InChI is InChI=1S/C10H10O4/c1-2-14-10(13)6-7-5-8(11)3-4-9(7)12/h3-5H,2,6H2,1H3. The second-order valence-corrected chi connectivity index (χ2v) is 2.75. The van der Waals surface area contributed by atoms with Crippen molar-refractivity contribution in [1.29, 1.82) is 0 Å². The van der Waals surface area contributed by atoms with Crippen molar-refractivity contribution in [2.45, 2.75) is 13.3 Å². The van der Waals surface area contributed by atoms with E-state index in [1.54, 1.807) is 6.92 Å². The van der Waals surface area contributed by atoms with E-state index in [-0.39, 0.29) is 30.2 Å². The van der Waals surface area contributed by atoms with E-state index in [4.69, 9.17) is 0 Å². The number of allylic oxidation sites excluding steroid dienone is 3. The van der Waals surface area contributed by atoms with Crippen LogP contribution in [0.3, 0.4) is 0 Å². The number of carbonyl (C=O) groups is 3. The molecule has 0 amide bonds. The Bertz CT molecular complexity index is 336. The van der Waals surface area contributed by atoms with E-state index < -0.39 is 5.97 Å². The molecule has 4 heteroatoms. The van der Waals surface area contributed by atoms with Gasteiger partial charge in [-0.2, -0.15) is 0 Å². The fraction of sp³-hybridized carbons (Fsp3) is 0.300. The molecule has 0 radical (unpaired) electrons. The summed E-state index contributed by atoms with van der Waals surface area (Å²) in [4.78, 5) is 33.1. The Hall–Kier alpha value is -1.71. The Morgan fingerprint density at radius 2 is 2.07 bits per heavy atom. The van der Waals surface area contributed by atoms with E-state index in [0.29, 0.717) is 0 Å². The lowest BCUT2D eigenvalue weighted by Gasteiger charge is -2.05. The van der Waals surface area contributed by atoms with Crippen LogP contribution in [0.25, 0.3) is 0 Å². The topological polar surface area (TPSA) is 60.4 Å². The van der Waals surface area contributed by atoms with Gasteiger partial charge in [-0.15, -0.1) is 0 Å². The minimum absolute atomic E-state index is 0.136. The van der Waals surface area contributed by atoms with Crippen LogP contribution < -0.4 is 0 Å². The average Bonchev–Trinajstić information content (AvgIpc) is 2.12. The Balaban J connectivity index is 2.64. The molecule has 0 saturated carbocycles. The van der Waals surface area contributed by atoms with E-state index >= 15 is 0 Å². The monoisotopic (exact) mass is 194 g/mol. The second kappa shape index (κ2) is 4.50. The van der Waals surface area contributed by atoms with E-state index in [1.165, 1.54) is 12.2 Å². The SMILES string of the molecule is CCOC(=O)CC1=CC(=O)C=CC1=O. The molecule has 0 atom stereocenters. The highest BCUT2D eigenvalue weighted by atomic mass is 16.5. The molecule has 0 bridgehead atoms. The smallest absolute Gasteiger partial charge is 0.310 e. The minimum atomic E-state index is -0.491. The van der Waals surface area contributed by atoms with E-state index in [1.807, 2.05) is 0 Å². The molecule has 0 aromatic carbocycles. The predicted molar refractivity (Wildman–Crippen MR) is 48.5 cm³/mol. The number of carbonyl (C=O) groups excluding carboxylic acids is 3. The highest BCUT2D eigenvalue weighted by Crippen LogP contribution is 2.10. The third-order valence-electron chi connectivity index (χ3n) is 1.67. The fourth-order valence-corrected chi connectivity index (χ4v) is 1.06. The molecular weight excluding hydrogens is 184 g/mol. The highest BCUT2D eigenvalue weighted by Gasteiger charge is 2.16. The molecule has 0 fully saturated rings. The molecule has 1 rings (SSSR count). The molecule has 0 saturated heterocycles. The number of ether oxygens (including phenoxy) is 1. The molecule has 0 unspecified atom stereocenters. The van der Waals surface area contributed by atoms with Crippen molar-refractivity contribution < 1.29 is 19.1 Å². The number of hydrogen-bond acceptors (Lipinski definition) is 4. The van der Waals surface area contributed by atoms with Gasteiger partial charge < -0.3 is 4.74 Å². The normalized spacial score (nSPS) is 15.4. The van der Waals surface area contributed by atoms with Crippen LogP contribution in [-0.2, 0) is 19.1 Å². The van der Waals surface area contributed by atoms with Crippen LogP contribution >= 0.6 is 0 Å². The molecule has 0 heterocycles. The Labute approximate surface area is 81.2 Å². The van der Waals surface area contributed by atoms with Gasteiger partial charge in [0.15, 0.2) is 11.6 Å². The zero-order valence-corrected chi connectivity index (χ0v) is 7.78. The van der Waals surface area contributed by atoms with Crippen molar-refractivity contribution in [3.8, 4) is 0 Å². The summed E-state index contributed by atoms with van der Waals surface area (Å²) in [5.74, 6) is -1.07. The Kier molecular flexibility index (Phi) is 3.34. The third kappa shape index (κ3) is 2.65. The van der Waals surface area contributed by atoms with Crippen molar-refractivity contribution >= 4 is 17.5 Å². The lowest BCUT2D eigenvalue weighted by Crippen LogP contribution is -2.13. The first-order chi connectivity index (χ1) is 6.63. The molecule has 0 aliphatic heterocycles. The van der Waals surface area contributed by atoms with Crippen molar-refractivity contribution in [3.05, 3.63) is 23.8 Å². The molecule has 4 nitrogen and oxygen atoms in total. The summed E-state index contributed by atoms with van der Waals surface area (Å²) in [6.07, 6.45) is 3.37. The van der Waals surface area contributed by atoms with Crippen LogP contribution in [0.5, 0.6) is 0 Å². The highest BCUT2D eigenvalue weighted by molar-refractivity contribution is 6.18. The van der Waals surface area contributed by atoms with Gasteiger partial charge in [0.25, 0.3) is 0 Å². The van der Waals surface area contributed by atoms with Gasteiger partial charge in [0.1, 0.15) is 0 Å². The summed E-state index contributed by atoms with van der Waals surface area (Å²) in [6, 6.07) is 0. The molecule has 14 heavy (non-hydrogen) atoms. The molecule has 1 aliphatic rings. The summed E-state index contributed by atoms with van der Waals surface area (Å²) < 4.78 is 4.66. The van der Waals surface area contributed by atoms with Crippen LogP contribution in [0.15, 0.2) is 23.8 Å². The van der Waals surface area contributed by atoms with Crippen LogP contribution in [0.4, 0.5) is 0 Å². The van der Waals surface area contributed by atoms with Gasteiger partial charge in [-0.1, -0.05) is 0 Å². The van der Waals surface area contributed by atoms with E-state index in [9.17, 15) is 14.4 Å². The van der Waals surface area contributed by atoms with Crippen LogP contribution in [0, 0.1) is 0 Å². The third-order valence-corrected chi connectivity index (χ3v) is 1.67. The number of rotatable bonds is 3. The van der Waals surface area contributed by atoms with Gasteiger partial charge in [-0.25, -0.2) is 0 Å². The molecule has 0 aromatic rings. The van der Waals surface area contributed by atoms with Gasteiger partial charge in [0.2, 0.25) is 0 Å². The van der Waals surface area contributed by atoms with E-state index in [0.717, 1.165) is 6.08 Å². The molecular formula is C10H10O4. The quantitative estimate of drug-likeness (QED) is 0.487. The molecule has 0 spiro atoms. The first-order valence-corrected chi connectivity index (χ1v) is 4.26. The summed E-state index contributed by atoms with van der Waals surface area (Å²) in [7, 11) is 0. The maximum absolute atomic E-state index is 11.2. The van der Waals surface area contributed by atoms with Gasteiger partial charge in [-0.3, -0.25) is 14.4 Å². The second-order valence-electron chi connectivity index (χ2n) is 2.75. The summed E-state index contributed by atoms with van der Waals surface area (Å²) in [5, 5.41) is 0. The number of esters is 1. The zero-order valence-electron chi connectivity index (χ0n) is 7.78. The van der Waals surface area contributed by atoms with Gasteiger partial charge >= 0.3 is 5.97 Å². The minimum Gasteiger partial charge on any atom is -0.466 e. The summed E-state index contributed by atoms with van der Waals surface area (Å²) in [5.41, 5.74) is 0.191. The number of hydrogen-bond donors (Lipinski definition) is 0. The molecule has 74 valence electrons. The van der Waals surface area contributed by atoms with Crippen molar-refractivity contribution in [2.75, 3.05) is 6.61 Å². The first kappa shape index (κ1) is 10.4. The first-order valence-electron chi connectivity index (χ1n) is 4.26. The summed E-state index contributed by atoms with van der Waals surface area (Å²) >= 11 is 0. The fourth-order valence-electron chi connectivity index (χ4n) is 1.06.